The molecule has 2 aliphatic heterocycles. The normalized spacial score (nSPS) is 55.4. The van der Waals surface area contributed by atoms with Gasteiger partial charge in [0.2, 0.25) is 0 Å². The lowest BCUT2D eigenvalue weighted by Gasteiger charge is -2.61. The number of esters is 2. The molecule has 0 aromatic carbocycles. The third kappa shape index (κ3) is 3.28. The Morgan fingerprint density at radius 2 is 1.69 bits per heavy atom. The summed E-state index contributed by atoms with van der Waals surface area (Å²) < 4.78 is 24.2. The number of hydrogen-bond acceptors (Lipinski definition) is 6. The van der Waals surface area contributed by atoms with Crippen molar-refractivity contribution >= 4 is 11.9 Å². The lowest BCUT2D eigenvalue weighted by molar-refractivity contribution is -0.244. The van der Waals surface area contributed by atoms with E-state index in [0.717, 1.165) is 31.1 Å². The van der Waals surface area contributed by atoms with Crippen molar-refractivity contribution in [2.45, 2.75) is 104 Å². The maximum absolute atomic E-state index is 12.8. The van der Waals surface area contributed by atoms with Crippen molar-refractivity contribution in [1.82, 2.24) is 0 Å². The molecule has 6 rings (SSSR count). The van der Waals surface area contributed by atoms with Crippen molar-refractivity contribution in [2.24, 2.45) is 58.2 Å². The molecule has 6 aliphatic rings. The van der Waals surface area contributed by atoms with E-state index in [4.69, 9.17) is 18.9 Å². The Morgan fingerprint density at radius 1 is 0.944 bits per heavy atom. The minimum atomic E-state index is -0.828. The highest BCUT2D eigenvalue weighted by atomic mass is 16.7. The van der Waals surface area contributed by atoms with E-state index < -0.39 is 5.79 Å². The number of fused-ring (bicyclic) bond motifs is 7. The largest absolute Gasteiger partial charge is 0.469 e. The van der Waals surface area contributed by atoms with Crippen LogP contribution in [0.15, 0.2) is 0 Å². The second-order valence-electron chi connectivity index (χ2n) is 13.9. The molecule has 6 heteroatoms. The van der Waals surface area contributed by atoms with Gasteiger partial charge in [-0.25, -0.2) is 0 Å². The molecule has 0 N–H and O–H groups in total. The lowest BCUT2D eigenvalue weighted by atomic mass is 9.44. The summed E-state index contributed by atoms with van der Waals surface area (Å²) in [6.07, 6.45) is 9.65. The number of carbonyl (C=O) groups excluding carboxylic acids is 2. The van der Waals surface area contributed by atoms with Gasteiger partial charge in [-0.3, -0.25) is 9.59 Å². The highest BCUT2D eigenvalue weighted by Gasteiger charge is 2.72. The highest BCUT2D eigenvalue weighted by molar-refractivity contribution is 5.74. The maximum atomic E-state index is 12.8. The summed E-state index contributed by atoms with van der Waals surface area (Å²) in [5, 5.41) is 0. The molecule has 6 fully saturated rings. The Labute approximate surface area is 216 Å². The number of carbonyl (C=O) groups is 2. The summed E-state index contributed by atoms with van der Waals surface area (Å²) in [7, 11) is 1.48. The number of ether oxygens (including phenoxy) is 4. The molecule has 36 heavy (non-hydrogen) atoms. The van der Waals surface area contributed by atoms with Crippen LogP contribution in [0.1, 0.15) is 86.0 Å². The highest BCUT2D eigenvalue weighted by Crippen LogP contribution is 2.72. The zero-order chi connectivity index (χ0) is 25.6. The quantitative estimate of drug-likeness (QED) is 0.473. The summed E-state index contributed by atoms with van der Waals surface area (Å²) in [5.41, 5.74) is 0.578. The van der Waals surface area contributed by atoms with Gasteiger partial charge in [-0.15, -0.1) is 0 Å². The summed E-state index contributed by atoms with van der Waals surface area (Å²) >= 11 is 0. The summed E-state index contributed by atoms with van der Waals surface area (Å²) in [5.74, 6) is 2.04. The first kappa shape index (κ1) is 25.2. The van der Waals surface area contributed by atoms with Gasteiger partial charge in [-0.05, 0) is 97.7 Å². The fourth-order valence-electron chi connectivity index (χ4n) is 11.1. The SMILES string of the molecule is COC(=O)[C@@H]1[C@@H](C)CO[C@@]12O[C@H]1C[C@H]3[C@@H]4CC[C@@H]5C[C@H](OC(C)=O)CC[C@]5(C)[C@H]4CC[C@]3(C)[C@H]1[C@@H]2C. The third-order valence-electron chi connectivity index (χ3n) is 12.6. The zero-order valence-electron chi connectivity index (χ0n) is 23.1. The average molecular weight is 503 g/mol. The predicted octanol–water partition coefficient (Wildman–Crippen LogP) is 5.37. The van der Waals surface area contributed by atoms with Crippen LogP contribution in [0, 0.1) is 58.2 Å². The predicted molar refractivity (Wildman–Crippen MR) is 134 cm³/mol. The van der Waals surface area contributed by atoms with E-state index in [1.54, 1.807) is 6.92 Å². The van der Waals surface area contributed by atoms with Crippen molar-refractivity contribution in [2.75, 3.05) is 13.7 Å². The van der Waals surface area contributed by atoms with Gasteiger partial charge in [0.15, 0.2) is 5.79 Å². The lowest BCUT2D eigenvalue weighted by Crippen LogP contribution is -2.55. The first-order valence-electron chi connectivity index (χ1n) is 14.6. The van der Waals surface area contributed by atoms with Crippen LogP contribution < -0.4 is 0 Å². The molecular formula is C30H46O6. The second-order valence-corrected chi connectivity index (χ2v) is 13.9. The van der Waals surface area contributed by atoms with E-state index in [1.165, 1.54) is 39.2 Å². The van der Waals surface area contributed by atoms with Gasteiger partial charge in [-0.2, -0.15) is 0 Å². The topological polar surface area (TPSA) is 71.1 Å². The van der Waals surface area contributed by atoms with E-state index in [0.29, 0.717) is 29.8 Å². The Bertz CT molecular complexity index is 919. The maximum Gasteiger partial charge on any atom is 0.314 e. The van der Waals surface area contributed by atoms with Crippen molar-refractivity contribution in [3.05, 3.63) is 0 Å². The van der Waals surface area contributed by atoms with Crippen molar-refractivity contribution < 1.29 is 28.5 Å². The van der Waals surface area contributed by atoms with Crippen LogP contribution in [-0.4, -0.2) is 43.7 Å². The van der Waals surface area contributed by atoms with Gasteiger partial charge in [-0.1, -0.05) is 27.7 Å². The van der Waals surface area contributed by atoms with Crippen LogP contribution in [0.25, 0.3) is 0 Å². The molecule has 1 spiro atoms. The van der Waals surface area contributed by atoms with Gasteiger partial charge in [0.25, 0.3) is 0 Å². The molecule has 2 heterocycles. The minimum absolute atomic E-state index is 0.107. The molecule has 0 radical (unpaired) electrons. The van der Waals surface area contributed by atoms with Crippen LogP contribution in [-0.2, 0) is 28.5 Å². The zero-order valence-corrected chi connectivity index (χ0v) is 23.1. The van der Waals surface area contributed by atoms with Crippen LogP contribution in [0.3, 0.4) is 0 Å². The summed E-state index contributed by atoms with van der Waals surface area (Å²) in [4.78, 5) is 24.4. The molecule has 0 unspecified atom stereocenters. The van der Waals surface area contributed by atoms with Crippen molar-refractivity contribution in [1.29, 1.82) is 0 Å². The first-order valence-corrected chi connectivity index (χ1v) is 14.6. The molecular weight excluding hydrogens is 456 g/mol. The molecule has 4 saturated carbocycles. The van der Waals surface area contributed by atoms with Crippen molar-refractivity contribution in [3.8, 4) is 0 Å². The molecule has 0 aromatic heterocycles. The van der Waals surface area contributed by atoms with Crippen LogP contribution in [0.4, 0.5) is 0 Å². The fourth-order valence-corrected chi connectivity index (χ4v) is 11.1. The van der Waals surface area contributed by atoms with Gasteiger partial charge in [0.1, 0.15) is 12.0 Å². The summed E-state index contributed by atoms with van der Waals surface area (Å²) in [6.45, 7) is 11.6. The van der Waals surface area contributed by atoms with E-state index >= 15 is 0 Å². The van der Waals surface area contributed by atoms with Crippen LogP contribution >= 0.6 is 0 Å². The Kier molecular flexibility index (Phi) is 5.89. The van der Waals surface area contributed by atoms with Gasteiger partial charge in [0.05, 0.1) is 19.8 Å². The van der Waals surface area contributed by atoms with E-state index in [9.17, 15) is 9.59 Å². The smallest absolute Gasteiger partial charge is 0.314 e. The molecule has 13 atom stereocenters. The molecule has 202 valence electrons. The molecule has 0 amide bonds. The Morgan fingerprint density at radius 3 is 2.42 bits per heavy atom. The molecule has 4 aliphatic carbocycles. The summed E-state index contributed by atoms with van der Waals surface area (Å²) in [6, 6.07) is 0. The van der Waals surface area contributed by atoms with Crippen molar-refractivity contribution in [3.63, 3.8) is 0 Å². The fraction of sp³-hybridized carbons (Fsp3) is 0.933. The number of hydrogen-bond donors (Lipinski definition) is 0. The molecule has 0 bridgehead atoms. The van der Waals surface area contributed by atoms with Gasteiger partial charge < -0.3 is 18.9 Å². The average Bonchev–Trinajstić information content (AvgIpc) is 3.42. The van der Waals surface area contributed by atoms with E-state index in [2.05, 4.69) is 27.7 Å². The van der Waals surface area contributed by atoms with E-state index in [1.807, 2.05) is 0 Å². The standard InChI is InChI=1S/C30H46O6/c1-16-15-34-30(25(16)27(32)33-6)17(2)26-24(36-30)14-23-21-8-7-19-13-20(35-18(3)31)9-11-28(19,4)22(21)10-12-29(23,26)5/h16-17,19-26H,7-15H2,1-6H3/t16-,17-,19+,20+,21+,22-,23-,24-,25-,26-,28-,29-,30-/m0/s1. The minimum Gasteiger partial charge on any atom is -0.469 e. The molecule has 0 aromatic rings. The molecule has 6 nitrogen and oxygen atoms in total. The monoisotopic (exact) mass is 502 g/mol. The number of rotatable bonds is 2. The van der Waals surface area contributed by atoms with E-state index in [-0.39, 0.29) is 47.3 Å². The molecule has 2 saturated heterocycles. The Balaban J connectivity index is 1.23. The van der Waals surface area contributed by atoms with Crippen LogP contribution in [0.2, 0.25) is 0 Å². The third-order valence-corrected chi connectivity index (χ3v) is 12.6. The second kappa shape index (κ2) is 8.43. The number of methoxy groups -OCH3 is 1. The van der Waals surface area contributed by atoms with Gasteiger partial charge in [0, 0.05) is 12.8 Å². The van der Waals surface area contributed by atoms with Gasteiger partial charge >= 0.3 is 11.9 Å². The first-order chi connectivity index (χ1) is 17.0. The Hall–Kier alpha value is -1.14. The van der Waals surface area contributed by atoms with Crippen LogP contribution in [0.5, 0.6) is 0 Å².